The van der Waals surface area contributed by atoms with Gasteiger partial charge < -0.3 is 35.6 Å². The van der Waals surface area contributed by atoms with E-state index in [2.05, 4.69) is 5.32 Å². The van der Waals surface area contributed by atoms with Gasteiger partial charge >= 0.3 is 0 Å². The van der Waals surface area contributed by atoms with Crippen LogP contribution in [0.5, 0.6) is 0 Å². The van der Waals surface area contributed by atoms with Gasteiger partial charge in [0.15, 0.2) is 0 Å². The first-order chi connectivity index (χ1) is 14.3. The van der Waals surface area contributed by atoms with Crippen LogP contribution in [0.4, 0.5) is 0 Å². The maximum absolute atomic E-state index is 11.9. The summed E-state index contributed by atoms with van der Waals surface area (Å²) in [5.41, 5.74) is 4.59. The second kappa shape index (κ2) is 8.07. The van der Waals surface area contributed by atoms with Gasteiger partial charge in [-0.25, -0.2) is 0 Å². The highest BCUT2D eigenvalue weighted by atomic mass is 16.6. The van der Waals surface area contributed by atoms with Crippen molar-refractivity contribution in [1.82, 2.24) is 5.32 Å². The van der Waals surface area contributed by atoms with Crippen molar-refractivity contribution < 1.29 is 35.1 Å². The van der Waals surface area contributed by atoms with Crippen molar-refractivity contribution in [2.24, 2.45) is 0 Å². The zero-order chi connectivity index (χ0) is 21.6. The van der Waals surface area contributed by atoms with Gasteiger partial charge in [0.05, 0.1) is 6.61 Å². The Morgan fingerprint density at radius 3 is 2.53 bits per heavy atom. The molecule has 2 aliphatic heterocycles. The molecule has 6 N–H and O–H groups in total. The van der Waals surface area contributed by atoms with Gasteiger partial charge in [-0.3, -0.25) is 4.79 Å². The Morgan fingerprint density at radius 2 is 1.83 bits per heavy atom. The second-order valence-corrected chi connectivity index (χ2v) is 7.82. The number of fused-ring (bicyclic) bond motifs is 1. The van der Waals surface area contributed by atoms with Crippen LogP contribution in [0.25, 0.3) is 11.1 Å². The van der Waals surface area contributed by atoms with Crippen molar-refractivity contribution in [2.45, 2.75) is 50.1 Å². The first-order valence-electron chi connectivity index (χ1n) is 9.83. The minimum absolute atomic E-state index is 0.0989. The fourth-order valence-electron chi connectivity index (χ4n) is 4.27. The SMILES string of the molecule is Cc1cc(-c2cccc3c2CNC3=O)ccc1[C@@H](O)[C@H]1OC(CO)[C@@H](O)[C@H](O)C1O. The number of rotatable bonds is 4. The van der Waals surface area contributed by atoms with Crippen molar-refractivity contribution >= 4 is 5.91 Å². The zero-order valence-corrected chi connectivity index (χ0v) is 16.4. The summed E-state index contributed by atoms with van der Waals surface area (Å²) in [4.78, 5) is 11.9. The molecule has 0 bridgehead atoms. The third-order valence-corrected chi connectivity index (χ3v) is 5.99. The second-order valence-electron chi connectivity index (χ2n) is 7.82. The Kier molecular flexibility index (Phi) is 5.63. The van der Waals surface area contributed by atoms with Gasteiger partial charge in [-0.15, -0.1) is 0 Å². The van der Waals surface area contributed by atoms with Gasteiger partial charge in [0, 0.05) is 12.1 Å². The molecule has 1 amide bonds. The van der Waals surface area contributed by atoms with E-state index in [4.69, 9.17) is 4.74 Å². The molecular formula is C22H25NO7. The van der Waals surface area contributed by atoms with Crippen LogP contribution in [-0.2, 0) is 11.3 Å². The van der Waals surface area contributed by atoms with E-state index in [1.165, 1.54) is 0 Å². The van der Waals surface area contributed by atoms with E-state index in [1.807, 2.05) is 24.3 Å². The first kappa shape index (κ1) is 20.9. The van der Waals surface area contributed by atoms with E-state index in [0.717, 1.165) is 22.3 Å². The predicted octanol–water partition coefficient (Wildman–Crippen LogP) is -0.219. The summed E-state index contributed by atoms with van der Waals surface area (Å²) in [6, 6.07) is 10.9. The molecule has 1 fully saturated rings. The molecule has 8 nitrogen and oxygen atoms in total. The van der Waals surface area contributed by atoms with Crippen LogP contribution in [0.1, 0.15) is 33.2 Å². The van der Waals surface area contributed by atoms with Crippen molar-refractivity contribution in [3.8, 4) is 11.1 Å². The van der Waals surface area contributed by atoms with E-state index >= 15 is 0 Å². The summed E-state index contributed by atoms with van der Waals surface area (Å²) in [6.45, 7) is 1.70. The molecular weight excluding hydrogens is 390 g/mol. The molecule has 160 valence electrons. The summed E-state index contributed by atoms with van der Waals surface area (Å²) in [7, 11) is 0. The topological polar surface area (TPSA) is 139 Å². The van der Waals surface area contributed by atoms with Crippen molar-refractivity contribution in [3.05, 3.63) is 58.7 Å². The van der Waals surface area contributed by atoms with Gasteiger partial charge in [0.25, 0.3) is 5.91 Å². The normalized spacial score (nSPS) is 29.4. The lowest BCUT2D eigenvalue weighted by Crippen LogP contribution is -2.59. The van der Waals surface area contributed by atoms with Gasteiger partial charge in [-0.05, 0) is 40.8 Å². The highest BCUT2D eigenvalue weighted by molar-refractivity contribution is 6.00. The van der Waals surface area contributed by atoms with E-state index in [-0.39, 0.29) is 5.91 Å². The van der Waals surface area contributed by atoms with E-state index < -0.39 is 43.2 Å². The zero-order valence-electron chi connectivity index (χ0n) is 16.4. The molecule has 0 saturated carbocycles. The minimum atomic E-state index is -1.55. The lowest BCUT2D eigenvalue weighted by Gasteiger charge is -2.42. The number of aliphatic hydroxyl groups excluding tert-OH is 5. The number of carbonyl (C=O) groups is 1. The number of benzene rings is 2. The van der Waals surface area contributed by atoms with Gasteiger partial charge in [0.1, 0.15) is 36.6 Å². The molecule has 2 aromatic carbocycles. The smallest absolute Gasteiger partial charge is 0.251 e. The fourth-order valence-corrected chi connectivity index (χ4v) is 4.27. The van der Waals surface area contributed by atoms with E-state index in [9.17, 15) is 30.3 Å². The Bertz CT molecular complexity index is 960. The third kappa shape index (κ3) is 3.41. The summed E-state index contributed by atoms with van der Waals surface area (Å²) in [5.74, 6) is -0.0989. The van der Waals surface area contributed by atoms with E-state index in [1.54, 1.807) is 19.1 Å². The third-order valence-electron chi connectivity index (χ3n) is 5.99. The van der Waals surface area contributed by atoms with Gasteiger partial charge in [-0.2, -0.15) is 0 Å². The van der Waals surface area contributed by atoms with Gasteiger partial charge in [-0.1, -0.05) is 30.3 Å². The van der Waals surface area contributed by atoms with Crippen molar-refractivity contribution in [1.29, 1.82) is 0 Å². The Labute approximate surface area is 173 Å². The van der Waals surface area contributed by atoms with Crippen LogP contribution in [0.3, 0.4) is 0 Å². The molecule has 30 heavy (non-hydrogen) atoms. The Hall–Kier alpha value is -2.33. The standard InChI is InChI=1S/C22H25NO7/c1-10-7-11(13-3-2-4-14-15(13)8-23-22(14)29)5-6-12(10)17(25)21-20(28)19(27)18(26)16(9-24)30-21/h2-7,16-21,24-28H,8-9H2,1H3,(H,23,29)/t16?,17-,18-,19+,20?,21-/m1/s1. The molecule has 2 unspecified atom stereocenters. The molecule has 6 atom stereocenters. The van der Waals surface area contributed by atoms with E-state index in [0.29, 0.717) is 17.7 Å². The largest absolute Gasteiger partial charge is 0.394 e. The van der Waals surface area contributed by atoms with Crippen LogP contribution < -0.4 is 5.32 Å². The minimum Gasteiger partial charge on any atom is -0.394 e. The quantitative estimate of drug-likeness (QED) is 0.406. The molecule has 1 saturated heterocycles. The molecule has 0 aliphatic carbocycles. The highest BCUT2D eigenvalue weighted by Gasteiger charge is 2.46. The number of hydrogen-bond acceptors (Lipinski definition) is 7. The monoisotopic (exact) mass is 415 g/mol. The fraction of sp³-hybridized carbons (Fsp3) is 0.409. The van der Waals surface area contributed by atoms with Crippen LogP contribution in [-0.4, -0.2) is 68.6 Å². The maximum Gasteiger partial charge on any atom is 0.251 e. The lowest BCUT2D eigenvalue weighted by atomic mass is 9.87. The van der Waals surface area contributed by atoms with Crippen molar-refractivity contribution in [2.75, 3.05) is 6.61 Å². The summed E-state index contributed by atoms with van der Waals surface area (Å²) in [6.07, 6.45) is -8.13. The number of aryl methyl sites for hydroxylation is 1. The summed E-state index contributed by atoms with van der Waals surface area (Å²) in [5, 5.41) is 53.3. The Balaban J connectivity index is 1.64. The number of aliphatic hydroxyl groups is 5. The molecule has 2 aromatic rings. The average Bonchev–Trinajstić information content (AvgIpc) is 3.13. The molecule has 8 heteroatoms. The maximum atomic E-state index is 11.9. The van der Waals surface area contributed by atoms with Crippen LogP contribution in [0, 0.1) is 6.92 Å². The summed E-state index contributed by atoms with van der Waals surface area (Å²) < 4.78 is 5.48. The van der Waals surface area contributed by atoms with Crippen LogP contribution in [0.15, 0.2) is 36.4 Å². The number of ether oxygens (including phenoxy) is 1. The number of nitrogens with one attached hydrogen (secondary N) is 1. The Morgan fingerprint density at radius 1 is 1.10 bits per heavy atom. The average molecular weight is 415 g/mol. The number of carbonyl (C=O) groups excluding carboxylic acids is 1. The lowest BCUT2D eigenvalue weighted by molar-refractivity contribution is -0.250. The van der Waals surface area contributed by atoms with Crippen LogP contribution in [0.2, 0.25) is 0 Å². The first-order valence-corrected chi connectivity index (χ1v) is 9.83. The predicted molar refractivity (Wildman–Crippen MR) is 107 cm³/mol. The van der Waals surface area contributed by atoms with Crippen LogP contribution >= 0.6 is 0 Å². The van der Waals surface area contributed by atoms with Crippen molar-refractivity contribution in [3.63, 3.8) is 0 Å². The molecule has 0 aromatic heterocycles. The summed E-state index contributed by atoms with van der Waals surface area (Å²) >= 11 is 0. The molecule has 0 radical (unpaired) electrons. The molecule has 2 aliphatic rings. The highest BCUT2D eigenvalue weighted by Crippen LogP contribution is 2.35. The molecule has 0 spiro atoms. The number of amides is 1. The molecule has 2 heterocycles. The number of hydrogen-bond donors (Lipinski definition) is 6. The molecule has 4 rings (SSSR count). The van der Waals surface area contributed by atoms with Gasteiger partial charge in [0.2, 0.25) is 0 Å².